The van der Waals surface area contributed by atoms with Crippen LogP contribution in [0.1, 0.15) is 12.5 Å². The molecule has 0 bridgehead atoms. The molecule has 1 aliphatic rings. The molecule has 18 heavy (non-hydrogen) atoms. The van der Waals surface area contributed by atoms with Gasteiger partial charge in [0.25, 0.3) is 5.91 Å². The fourth-order valence-corrected chi connectivity index (χ4v) is 2.94. The lowest BCUT2D eigenvalue weighted by Gasteiger charge is -2.09. The number of hydrogen-bond acceptors (Lipinski definition) is 5. The van der Waals surface area contributed by atoms with Crippen molar-refractivity contribution in [1.29, 1.82) is 0 Å². The fraction of sp³-hybridized carbons (Fsp3) is 0.167. The number of carbonyl (C=O) groups excluding carboxylic acids is 1. The molecule has 0 unspecified atom stereocenters. The van der Waals surface area contributed by atoms with Gasteiger partial charge >= 0.3 is 0 Å². The highest BCUT2D eigenvalue weighted by Crippen LogP contribution is 2.33. The van der Waals surface area contributed by atoms with Gasteiger partial charge in [-0.2, -0.15) is 0 Å². The van der Waals surface area contributed by atoms with Gasteiger partial charge in [-0.1, -0.05) is 30.0 Å². The van der Waals surface area contributed by atoms with Crippen LogP contribution in [0.25, 0.3) is 6.08 Å². The minimum Gasteiger partial charge on any atom is -0.504 e. The number of amides is 1. The normalized spacial score (nSPS) is 17.8. The maximum atomic E-state index is 11.9. The van der Waals surface area contributed by atoms with Gasteiger partial charge in [-0.25, -0.2) is 0 Å². The van der Waals surface area contributed by atoms with E-state index in [1.54, 1.807) is 12.1 Å². The number of thiocarbonyl (C=S) groups is 1. The number of benzene rings is 1. The Kier molecular flexibility index (Phi) is 3.58. The number of phenols is 2. The standard InChI is InChI=1S/C12H11NO3S2/c1-2-13-11(16)10(18-12(13)17)6-7-3-4-8(14)9(15)5-7/h3-6,14-15H,2H2,1H3. The summed E-state index contributed by atoms with van der Waals surface area (Å²) in [6.45, 7) is 2.41. The summed E-state index contributed by atoms with van der Waals surface area (Å²) in [6, 6.07) is 4.39. The van der Waals surface area contributed by atoms with Crippen molar-refractivity contribution in [2.24, 2.45) is 0 Å². The van der Waals surface area contributed by atoms with Crippen LogP contribution < -0.4 is 0 Å². The monoisotopic (exact) mass is 281 g/mol. The minimum absolute atomic E-state index is 0.125. The van der Waals surface area contributed by atoms with Crippen LogP contribution in [0.3, 0.4) is 0 Å². The van der Waals surface area contributed by atoms with Gasteiger partial charge in [0.1, 0.15) is 4.32 Å². The fourth-order valence-electron chi connectivity index (χ4n) is 1.55. The SMILES string of the molecule is CCN1C(=O)C(=Cc2ccc(O)c(O)c2)SC1=S. The van der Waals surface area contributed by atoms with Crippen molar-refractivity contribution in [3.63, 3.8) is 0 Å². The molecule has 0 radical (unpaired) electrons. The molecule has 1 aromatic rings. The molecule has 0 atom stereocenters. The number of hydrogen-bond donors (Lipinski definition) is 2. The molecule has 0 aromatic heterocycles. The lowest BCUT2D eigenvalue weighted by atomic mass is 10.2. The van der Waals surface area contributed by atoms with Gasteiger partial charge in [-0.05, 0) is 30.7 Å². The molecule has 2 N–H and O–H groups in total. The van der Waals surface area contributed by atoms with Crippen molar-refractivity contribution in [1.82, 2.24) is 4.90 Å². The van der Waals surface area contributed by atoms with E-state index in [0.717, 1.165) is 0 Å². The molecule has 0 aliphatic carbocycles. The summed E-state index contributed by atoms with van der Waals surface area (Å²) in [7, 11) is 0. The highest BCUT2D eigenvalue weighted by atomic mass is 32.2. The van der Waals surface area contributed by atoms with Crippen molar-refractivity contribution in [2.45, 2.75) is 6.92 Å². The molecular weight excluding hydrogens is 270 g/mol. The average molecular weight is 281 g/mol. The van der Waals surface area contributed by atoms with Crippen LogP contribution in [-0.4, -0.2) is 31.9 Å². The zero-order valence-corrected chi connectivity index (χ0v) is 11.2. The number of phenolic OH excluding ortho intramolecular Hbond substituents is 2. The number of thioether (sulfide) groups is 1. The smallest absolute Gasteiger partial charge is 0.266 e. The largest absolute Gasteiger partial charge is 0.504 e. The van der Waals surface area contributed by atoms with Gasteiger partial charge in [-0.3, -0.25) is 9.69 Å². The zero-order valence-electron chi connectivity index (χ0n) is 9.58. The van der Waals surface area contributed by atoms with Crippen molar-refractivity contribution in [2.75, 3.05) is 6.54 Å². The predicted molar refractivity (Wildman–Crippen MR) is 75.3 cm³/mol. The Morgan fingerprint density at radius 2 is 2.11 bits per heavy atom. The van der Waals surface area contributed by atoms with Gasteiger partial charge in [0.05, 0.1) is 4.91 Å². The molecule has 1 saturated heterocycles. The van der Waals surface area contributed by atoms with Gasteiger partial charge in [0.15, 0.2) is 11.5 Å². The Hall–Kier alpha value is -1.53. The maximum absolute atomic E-state index is 11.9. The summed E-state index contributed by atoms with van der Waals surface area (Å²) < 4.78 is 0.539. The minimum atomic E-state index is -0.213. The topological polar surface area (TPSA) is 60.8 Å². The Morgan fingerprint density at radius 3 is 2.67 bits per heavy atom. The van der Waals surface area contributed by atoms with E-state index in [4.69, 9.17) is 12.2 Å². The van der Waals surface area contributed by atoms with Crippen molar-refractivity contribution < 1.29 is 15.0 Å². The third-order valence-electron chi connectivity index (χ3n) is 2.49. The first-order chi connectivity index (χ1) is 8.52. The van der Waals surface area contributed by atoms with Crippen LogP contribution in [0.4, 0.5) is 0 Å². The van der Waals surface area contributed by atoms with Crippen LogP contribution in [0.5, 0.6) is 11.5 Å². The van der Waals surface area contributed by atoms with E-state index >= 15 is 0 Å². The van der Waals surface area contributed by atoms with Gasteiger partial charge in [0, 0.05) is 6.54 Å². The van der Waals surface area contributed by atoms with Crippen LogP contribution in [-0.2, 0) is 4.79 Å². The third-order valence-corrected chi connectivity index (χ3v) is 3.86. The van der Waals surface area contributed by atoms with Crippen LogP contribution in [0.2, 0.25) is 0 Å². The number of rotatable bonds is 2. The number of nitrogens with zero attached hydrogens (tertiary/aromatic N) is 1. The van der Waals surface area contributed by atoms with Crippen molar-refractivity contribution in [3.8, 4) is 11.5 Å². The molecule has 94 valence electrons. The summed E-state index contributed by atoms with van der Waals surface area (Å²) in [5.74, 6) is -0.525. The summed E-state index contributed by atoms with van der Waals surface area (Å²) >= 11 is 6.33. The van der Waals surface area contributed by atoms with E-state index < -0.39 is 0 Å². The molecule has 6 heteroatoms. The molecule has 0 saturated carbocycles. The quantitative estimate of drug-likeness (QED) is 0.495. The third kappa shape index (κ3) is 2.34. The van der Waals surface area contributed by atoms with E-state index in [9.17, 15) is 15.0 Å². The Bertz CT molecular complexity index is 554. The van der Waals surface area contributed by atoms with Crippen molar-refractivity contribution >= 4 is 40.3 Å². The summed E-state index contributed by atoms with van der Waals surface area (Å²) in [6.07, 6.45) is 1.65. The number of carbonyl (C=O) groups is 1. The van der Waals surface area contributed by atoms with Crippen molar-refractivity contribution in [3.05, 3.63) is 28.7 Å². The highest BCUT2D eigenvalue weighted by molar-refractivity contribution is 8.26. The van der Waals surface area contributed by atoms with E-state index in [1.807, 2.05) is 6.92 Å². The molecular formula is C12H11NO3S2. The lowest BCUT2D eigenvalue weighted by Crippen LogP contribution is -2.27. The van der Waals surface area contributed by atoms with E-state index in [-0.39, 0.29) is 17.4 Å². The molecule has 1 heterocycles. The molecule has 1 aliphatic heterocycles. The Morgan fingerprint density at radius 1 is 1.39 bits per heavy atom. The maximum Gasteiger partial charge on any atom is 0.266 e. The molecule has 1 aromatic carbocycles. The van der Waals surface area contributed by atoms with Gasteiger partial charge < -0.3 is 10.2 Å². The first-order valence-electron chi connectivity index (χ1n) is 5.30. The summed E-state index contributed by atoms with van der Waals surface area (Å²) in [5.41, 5.74) is 0.641. The second-order valence-electron chi connectivity index (χ2n) is 3.67. The molecule has 1 amide bonds. The number of likely N-dealkylation sites (N-methyl/N-ethyl adjacent to an activating group) is 1. The second-order valence-corrected chi connectivity index (χ2v) is 5.35. The Labute approximate surface area is 114 Å². The molecule has 4 nitrogen and oxygen atoms in total. The first-order valence-corrected chi connectivity index (χ1v) is 6.52. The second kappa shape index (κ2) is 4.99. The van der Waals surface area contributed by atoms with Gasteiger partial charge in [-0.15, -0.1) is 0 Å². The average Bonchev–Trinajstić information content (AvgIpc) is 2.59. The highest BCUT2D eigenvalue weighted by Gasteiger charge is 2.30. The van der Waals surface area contributed by atoms with E-state index in [2.05, 4.69) is 0 Å². The molecule has 2 rings (SSSR count). The van der Waals surface area contributed by atoms with Crippen LogP contribution in [0, 0.1) is 0 Å². The predicted octanol–water partition coefficient (Wildman–Crippen LogP) is 2.32. The first kappa shape index (κ1) is 12.9. The summed E-state index contributed by atoms with van der Waals surface area (Å²) in [4.78, 5) is 14.0. The van der Waals surface area contributed by atoms with Crippen LogP contribution >= 0.6 is 24.0 Å². The van der Waals surface area contributed by atoms with E-state index in [0.29, 0.717) is 21.3 Å². The summed E-state index contributed by atoms with van der Waals surface area (Å²) in [5, 5.41) is 18.6. The Balaban J connectivity index is 2.32. The molecule has 0 spiro atoms. The lowest BCUT2D eigenvalue weighted by molar-refractivity contribution is -0.121. The zero-order chi connectivity index (χ0) is 13.3. The van der Waals surface area contributed by atoms with E-state index in [1.165, 1.54) is 28.8 Å². The van der Waals surface area contributed by atoms with Gasteiger partial charge in [0.2, 0.25) is 0 Å². The molecule has 1 fully saturated rings. The van der Waals surface area contributed by atoms with Crippen LogP contribution in [0.15, 0.2) is 23.1 Å². The number of aromatic hydroxyl groups is 2.